The van der Waals surface area contributed by atoms with Crippen molar-refractivity contribution in [2.75, 3.05) is 32.7 Å². The minimum Gasteiger partial charge on any atom is -0.358 e. The van der Waals surface area contributed by atoms with Crippen molar-refractivity contribution in [2.45, 2.75) is 51.6 Å². The van der Waals surface area contributed by atoms with E-state index in [1.807, 2.05) is 0 Å². The van der Waals surface area contributed by atoms with Crippen molar-refractivity contribution < 1.29 is 4.79 Å². The monoisotopic (exact) mass is 368 g/mol. The Labute approximate surface area is 162 Å². The second kappa shape index (κ2) is 8.03. The Bertz CT molecular complexity index is 789. The third kappa shape index (κ3) is 4.19. The quantitative estimate of drug-likeness (QED) is 0.872. The van der Waals surface area contributed by atoms with Gasteiger partial charge in [0.2, 0.25) is 5.91 Å². The molecule has 1 aromatic carbocycles. The standard InChI is InChI=1S/C22H32N4O/c1-16(2)21-13-19-17(5-3-6-20(19)24-21)14-25-11-7-18(8-12-25)26-10-4-9-23-22(27)15-26/h3,5-6,13,16,18,24H,4,7-12,14-15H2,1-2H3,(H,23,27). The van der Waals surface area contributed by atoms with Crippen LogP contribution >= 0.6 is 0 Å². The van der Waals surface area contributed by atoms with Crippen LogP contribution in [-0.4, -0.2) is 59.5 Å². The van der Waals surface area contributed by atoms with Gasteiger partial charge in [-0.25, -0.2) is 0 Å². The number of nitrogens with one attached hydrogen (secondary N) is 2. The lowest BCUT2D eigenvalue weighted by atomic mass is 10.0. The highest BCUT2D eigenvalue weighted by Crippen LogP contribution is 2.26. The summed E-state index contributed by atoms with van der Waals surface area (Å²) >= 11 is 0. The molecule has 146 valence electrons. The van der Waals surface area contributed by atoms with Crippen LogP contribution in [0.1, 0.15) is 50.3 Å². The highest BCUT2D eigenvalue weighted by molar-refractivity contribution is 5.84. The number of amides is 1. The molecule has 5 nitrogen and oxygen atoms in total. The first-order chi connectivity index (χ1) is 13.1. The van der Waals surface area contributed by atoms with Crippen molar-refractivity contribution in [2.24, 2.45) is 0 Å². The predicted molar refractivity (Wildman–Crippen MR) is 110 cm³/mol. The van der Waals surface area contributed by atoms with Crippen molar-refractivity contribution in [1.29, 1.82) is 0 Å². The number of hydrogen-bond acceptors (Lipinski definition) is 3. The molecule has 0 atom stereocenters. The zero-order valence-corrected chi connectivity index (χ0v) is 16.6. The summed E-state index contributed by atoms with van der Waals surface area (Å²) in [4.78, 5) is 20.4. The van der Waals surface area contributed by atoms with Crippen LogP contribution in [0.25, 0.3) is 10.9 Å². The lowest BCUT2D eigenvalue weighted by Crippen LogP contribution is -2.46. The molecule has 2 aliphatic heterocycles. The molecule has 1 amide bonds. The third-order valence-corrected chi connectivity index (χ3v) is 6.16. The van der Waals surface area contributed by atoms with E-state index in [2.05, 4.69) is 58.2 Å². The van der Waals surface area contributed by atoms with E-state index in [9.17, 15) is 4.79 Å². The number of rotatable bonds is 4. The molecule has 5 heteroatoms. The molecule has 0 aliphatic carbocycles. The van der Waals surface area contributed by atoms with E-state index in [0.29, 0.717) is 18.5 Å². The number of hydrogen-bond donors (Lipinski definition) is 2. The van der Waals surface area contributed by atoms with E-state index in [0.717, 1.165) is 52.0 Å². The van der Waals surface area contributed by atoms with E-state index < -0.39 is 0 Å². The summed E-state index contributed by atoms with van der Waals surface area (Å²) in [6.45, 7) is 10.2. The average Bonchev–Trinajstić information content (AvgIpc) is 2.99. The molecule has 0 unspecified atom stereocenters. The van der Waals surface area contributed by atoms with Crippen LogP contribution in [0.3, 0.4) is 0 Å². The highest BCUT2D eigenvalue weighted by atomic mass is 16.2. The van der Waals surface area contributed by atoms with Crippen LogP contribution in [0, 0.1) is 0 Å². The average molecular weight is 369 g/mol. The number of fused-ring (bicyclic) bond motifs is 1. The summed E-state index contributed by atoms with van der Waals surface area (Å²) in [6, 6.07) is 9.51. The fraction of sp³-hybridized carbons (Fsp3) is 0.591. The van der Waals surface area contributed by atoms with Crippen molar-refractivity contribution in [1.82, 2.24) is 20.1 Å². The first-order valence-corrected chi connectivity index (χ1v) is 10.4. The minimum atomic E-state index is 0.190. The Balaban J connectivity index is 1.39. The molecule has 2 aromatic rings. The fourth-order valence-electron chi connectivity index (χ4n) is 4.51. The molecule has 3 heterocycles. The summed E-state index contributed by atoms with van der Waals surface area (Å²) < 4.78 is 0. The predicted octanol–water partition coefficient (Wildman–Crippen LogP) is 3.08. The number of carbonyl (C=O) groups excluding carboxylic acids is 1. The lowest BCUT2D eigenvalue weighted by molar-refractivity contribution is -0.122. The van der Waals surface area contributed by atoms with E-state index in [4.69, 9.17) is 0 Å². The van der Waals surface area contributed by atoms with Gasteiger partial charge < -0.3 is 10.3 Å². The number of aromatic amines is 1. The highest BCUT2D eigenvalue weighted by Gasteiger charge is 2.27. The molecular weight excluding hydrogens is 336 g/mol. The number of piperidine rings is 1. The largest absolute Gasteiger partial charge is 0.358 e. The molecule has 2 saturated heterocycles. The topological polar surface area (TPSA) is 51.4 Å². The SMILES string of the molecule is CC(C)c1cc2c(CN3CCC(N4CCCNC(=O)C4)CC3)cccc2[nH]1. The van der Waals surface area contributed by atoms with E-state index in [-0.39, 0.29) is 5.91 Å². The van der Waals surface area contributed by atoms with Gasteiger partial charge in [0, 0.05) is 42.3 Å². The molecule has 1 aromatic heterocycles. The molecule has 0 saturated carbocycles. The van der Waals surface area contributed by atoms with Gasteiger partial charge >= 0.3 is 0 Å². The van der Waals surface area contributed by atoms with Crippen molar-refractivity contribution >= 4 is 16.8 Å². The van der Waals surface area contributed by atoms with E-state index >= 15 is 0 Å². The number of carbonyl (C=O) groups is 1. The lowest BCUT2D eigenvalue weighted by Gasteiger charge is -2.37. The van der Waals surface area contributed by atoms with Gasteiger partial charge in [0.1, 0.15) is 0 Å². The first-order valence-electron chi connectivity index (χ1n) is 10.4. The van der Waals surface area contributed by atoms with Crippen LogP contribution < -0.4 is 5.32 Å². The summed E-state index contributed by atoms with van der Waals surface area (Å²) in [5.74, 6) is 0.710. The van der Waals surface area contributed by atoms with Crippen molar-refractivity contribution in [3.63, 3.8) is 0 Å². The molecule has 2 N–H and O–H groups in total. The summed E-state index contributed by atoms with van der Waals surface area (Å²) in [7, 11) is 0. The van der Waals surface area contributed by atoms with Crippen LogP contribution in [0.4, 0.5) is 0 Å². The van der Waals surface area contributed by atoms with E-state index in [1.165, 1.54) is 22.2 Å². The van der Waals surface area contributed by atoms with Gasteiger partial charge in [-0.05, 0) is 56.0 Å². The zero-order chi connectivity index (χ0) is 18.8. The van der Waals surface area contributed by atoms with Gasteiger partial charge in [-0.2, -0.15) is 0 Å². The second-order valence-electron chi connectivity index (χ2n) is 8.44. The maximum atomic E-state index is 11.8. The number of likely N-dealkylation sites (tertiary alicyclic amines) is 1. The molecule has 4 rings (SSSR count). The normalized spacial score (nSPS) is 20.9. The molecule has 0 bridgehead atoms. The van der Waals surface area contributed by atoms with Crippen molar-refractivity contribution in [3.8, 4) is 0 Å². The molecule has 2 aliphatic rings. The Morgan fingerprint density at radius 3 is 2.78 bits per heavy atom. The Kier molecular flexibility index (Phi) is 5.50. The number of benzene rings is 1. The maximum Gasteiger partial charge on any atom is 0.234 e. The van der Waals surface area contributed by atoms with Gasteiger partial charge in [0.25, 0.3) is 0 Å². The van der Waals surface area contributed by atoms with Gasteiger partial charge in [-0.1, -0.05) is 26.0 Å². The molecule has 27 heavy (non-hydrogen) atoms. The van der Waals surface area contributed by atoms with Crippen LogP contribution in [0.5, 0.6) is 0 Å². The van der Waals surface area contributed by atoms with Crippen LogP contribution in [0.15, 0.2) is 24.3 Å². The second-order valence-corrected chi connectivity index (χ2v) is 8.44. The van der Waals surface area contributed by atoms with Crippen LogP contribution in [0.2, 0.25) is 0 Å². The molecular formula is C22H32N4O. The Morgan fingerprint density at radius 1 is 1.19 bits per heavy atom. The van der Waals surface area contributed by atoms with Crippen molar-refractivity contribution in [3.05, 3.63) is 35.5 Å². The molecule has 2 fully saturated rings. The fourth-order valence-corrected chi connectivity index (χ4v) is 4.51. The van der Waals surface area contributed by atoms with Gasteiger partial charge in [-0.3, -0.25) is 14.6 Å². The summed E-state index contributed by atoms with van der Waals surface area (Å²) in [5, 5.41) is 4.36. The first kappa shape index (κ1) is 18.5. The Morgan fingerprint density at radius 2 is 2.00 bits per heavy atom. The maximum absolute atomic E-state index is 11.8. The number of aromatic nitrogens is 1. The van der Waals surface area contributed by atoms with Gasteiger partial charge in [-0.15, -0.1) is 0 Å². The summed E-state index contributed by atoms with van der Waals surface area (Å²) in [6.07, 6.45) is 3.39. The van der Waals surface area contributed by atoms with Gasteiger partial charge in [0.15, 0.2) is 0 Å². The Hall–Kier alpha value is -1.85. The van der Waals surface area contributed by atoms with Gasteiger partial charge in [0.05, 0.1) is 6.54 Å². The van der Waals surface area contributed by atoms with E-state index in [1.54, 1.807) is 0 Å². The molecule has 0 spiro atoms. The minimum absolute atomic E-state index is 0.190. The third-order valence-electron chi connectivity index (χ3n) is 6.16. The van der Waals surface area contributed by atoms with Crippen LogP contribution in [-0.2, 0) is 11.3 Å². The number of nitrogens with zero attached hydrogens (tertiary/aromatic N) is 2. The smallest absolute Gasteiger partial charge is 0.234 e. The molecule has 0 radical (unpaired) electrons. The summed E-state index contributed by atoms with van der Waals surface area (Å²) in [5.41, 5.74) is 3.99. The zero-order valence-electron chi connectivity index (χ0n) is 16.6. The number of H-pyrrole nitrogens is 1.